The third kappa shape index (κ3) is 5.89. The van der Waals surface area contributed by atoms with Gasteiger partial charge in [0.1, 0.15) is 5.60 Å². The number of aliphatic hydroxyl groups excluding tert-OH is 1. The fourth-order valence-corrected chi connectivity index (χ4v) is 3.76. The van der Waals surface area contributed by atoms with Gasteiger partial charge in [0, 0.05) is 16.8 Å². The van der Waals surface area contributed by atoms with Crippen LogP contribution in [-0.2, 0) is 11.2 Å². The zero-order valence-electron chi connectivity index (χ0n) is 13.9. The Morgan fingerprint density at radius 2 is 2.05 bits per heavy atom. The van der Waals surface area contributed by atoms with Gasteiger partial charge < -0.3 is 15.2 Å². The molecule has 22 heavy (non-hydrogen) atoms. The lowest BCUT2D eigenvalue weighted by Gasteiger charge is -2.36. The van der Waals surface area contributed by atoms with E-state index in [1.807, 2.05) is 26.8 Å². The monoisotopic (exact) mass is 391 g/mol. The SMILES string of the molecule is CC(C)C(CO)(CNC(=O)OC(C)(C)C)Cc1ccc(Br)s1. The van der Waals surface area contributed by atoms with Crippen LogP contribution in [0.15, 0.2) is 15.9 Å². The van der Waals surface area contributed by atoms with E-state index < -0.39 is 17.1 Å². The number of alkyl carbamates (subject to hydrolysis) is 1. The zero-order valence-corrected chi connectivity index (χ0v) is 16.3. The highest BCUT2D eigenvalue weighted by Gasteiger charge is 2.35. The van der Waals surface area contributed by atoms with Crippen LogP contribution in [0, 0.1) is 11.3 Å². The van der Waals surface area contributed by atoms with E-state index in [1.165, 1.54) is 4.88 Å². The number of halogens is 1. The average Bonchev–Trinajstić information content (AvgIpc) is 2.77. The Hall–Kier alpha value is -0.590. The summed E-state index contributed by atoms with van der Waals surface area (Å²) in [6, 6.07) is 4.05. The molecule has 1 rings (SSSR count). The van der Waals surface area contributed by atoms with E-state index in [4.69, 9.17) is 4.74 Å². The second-order valence-electron chi connectivity index (χ2n) is 6.91. The van der Waals surface area contributed by atoms with E-state index >= 15 is 0 Å². The highest BCUT2D eigenvalue weighted by molar-refractivity contribution is 9.11. The number of carbonyl (C=O) groups excluding carboxylic acids is 1. The summed E-state index contributed by atoms with van der Waals surface area (Å²) in [6.07, 6.45) is 0.270. The second kappa shape index (κ2) is 7.79. The number of carbonyl (C=O) groups is 1. The van der Waals surface area contributed by atoms with Gasteiger partial charge in [0.05, 0.1) is 10.4 Å². The molecule has 0 saturated carbocycles. The van der Waals surface area contributed by atoms with E-state index in [0.717, 1.165) is 3.79 Å². The minimum atomic E-state index is -0.525. The lowest BCUT2D eigenvalue weighted by atomic mass is 9.74. The van der Waals surface area contributed by atoms with E-state index in [-0.39, 0.29) is 12.5 Å². The van der Waals surface area contributed by atoms with Crippen molar-refractivity contribution in [2.75, 3.05) is 13.2 Å². The van der Waals surface area contributed by atoms with Crippen molar-refractivity contribution >= 4 is 33.4 Å². The van der Waals surface area contributed by atoms with Crippen molar-refractivity contribution < 1.29 is 14.6 Å². The number of hydrogen-bond donors (Lipinski definition) is 2. The van der Waals surface area contributed by atoms with Crippen molar-refractivity contribution in [1.82, 2.24) is 5.32 Å². The standard InChI is InChI=1S/C16H26BrNO3S/c1-11(2)16(10-19,8-12-6-7-13(17)22-12)9-18-14(20)21-15(3,4)5/h6-7,11,19H,8-10H2,1-5H3,(H,18,20). The largest absolute Gasteiger partial charge is 0.444 e. The molecule has 1 heterocycles. The van der Waals surface area contributed by atoms with Gasteiger partial charge in [-0.1, -0.05) is 13.8 Å². The van der Waals surface area contributed by atoms with Crippen LogP contribution in [0.1, 0.15) is 39.5 Å². The Morgan fingerprint density at radius 1 is 1.41 bits per heavy atom. The van der Waals surface area contributed by atoms with Crippen molar-refractivity contribution in [2.24, 2.45) is 11.3 Å². The van der Waals surface area contributed by atoms with Gasteiger partial charge in [-0.25, -0.2) is 4.79 Å². The summed E-state index contributed by atoms with van der Waals surface area (Å²) in [6.45, 7) is 10.0. The highest BCUT2D eigenvalue weighted by atomic mass is 79.9. The summed E-state index contributed by atoms with van der Waals surface area (Å²) in [5.74, 6) is 0.216. The summed E-state index contributed by atoms with van der Waals surface area (Å²) in [5.41, 5.74) is -0.927. The quantitative estimate of drug-likeness (QED) is 0.763. The maximum atomic E-state index is 11.9. The van der Waals surface area contributed by atoms with E-state index in [1.54, 1.807) is 11.3 Å². The number of hydrogen-bond acceptors (Lipinski definition) is 4. The average molecular weight is 392 g/mol. The van der Waals surface area contributed by atoms with Crippen molar-refractivity contribution in [1.29, 1.82) is 0 Å². The molecule has 126 valence electrons. The fourth-order valence-electron chi connectivity index (χ4n) is 2.12. The number of nitrogens with one attached hydrogen (secondary N) is 1. The molecule has 0 aliphatic carbocycles. The summed E-state index contributed by atoms with van der Waals surface area (Å²) in [5, 5.41) is 12.8. The van der Waals surface area contributed by atoms with Gasteiger partial charge in [0.2, 0.25) is 0 Å². The van der Waals surface area contributed by atoms with Gasteiger partial charge in [-0.2, -0.15) is 0 Å². The molecule has 1 atom stereocenters. The van der Waals surface area contributed by atoms with E-state index in [2.05, 4.69) is 41.2 Å². The molecule has 4 nitrogen and oxygen atoms in total. The normalized spacial score (nSPS) is 14.7. The first-order chi connectivity index (χ1) is 10.1. The maximum Gasteiger partial charge on any atom is 0.407 e. The third-order valence-electron chi connectivity index (χ3n) is 3.68. The van der Waals surface area contributed by atoms with Crippen molar-refractivity contribution in [2.45, 2.75) is 46.6 Å². The number of aliphatic hydroxyl groups is 1. The molecular formula is C16H26BrNO3S. The summed E-state index contributed by atoms with van der Waals surface area (Å²) in [7, 11) is 0. The topological polar surface area (TPSA) is 58.6 Å². The maximum absolute atomic E-state index is 11.9. The Morgan fingerprint density at radius 3 is 2.45 bits per heavy atom. The highest BCUT2D eigenvalue weighted by Crippen LogP contribution is 2.34. The predicted molar refractivity (Wildman–Crippen MR) is 94.3 cm³/mol. The molecule has 0 aliphatic rings. The molecule has 1 amide bonds. The minimum Gasteiger partial charge on any atom is -0.444 e. The van der Waals surface area contributed by atoms with Gasteiger partial charge in [-0.3, -0.25) is 0 Å². The van der Waals surface area contributed by atoms with Crippen molar-refractivity contribution in [3.63, 3.8) is 0 Å². The fraction of sp³-hybridized carbons (Fsp3) is 0.688. The van der Waals surface area contributed by atoms with Gasteiger partial charge in [0.15, 0.2) is 0 Å². The Labute approximate surface area is 145 Å². The first-order valence-corrected chi connectivity index (χ1v) is 9.01. The molecule has 0 radical (unpaired) electrons. The Kier molecular flexibility index (Phi) is 6.89. The molecule has 0 saturated heterocycles. The molecule has 0 aromatic carbocycles. The van der Waals surface area contributed by atoms with Gasteiger partial charge in [-0.15, -0.1) is 11.3 Å². The molecule has 1 unspecified atom stereocenters. The first kappa shape index (κ1) is 19.5. The summed E-state index contributed by atoms with van der Waals surface area (Å²) in [4.78, 5) is 13.1. The third-order valence-corrected chi connectivity index (χ3v) is 5.30. The van der Waals surface area contributed by atoms with Crippen LogP contribution >= 0.6 is 27.3 Å². The Balaban J connectivity index is 2.77. The summed E-state index contributed by atoms with van der Waals surface area (Å²) >= 11 is 5.11. The number of thiophene rings is 1. The number of amides is 1. The minimum absolute atomic E-state index is 0.00990. The first-order valence-electron chi connectivity index (χ1n) is 7.40. The van der Waals surface area contributed by atoms with E-state index in [0.29, 0.717) is 13.0 Å². The van der Waals surface area contributed by atoms with E-state index in [9.17, 15) is 9.90 Å². The molecule has 0 bridgehead atoms. The van der Waals surface area contributed by atoms with Gasteiger partial charge in [0.25, 0.3) is 0 Å². The van der Waals surface area contributed by atoms with Crippen LogP contribution in [0.25, 0.3) is 0 Å². The van der Waals surface area contributed by atoms with Crippen LogP contribution in [0.3, 0.4) is 0 Å². The van der Waals surface area contributed by atoms with Crippen LogP contribution < -0.4 is 5.32 Å². The van der Waals surface area contributed by atoms with Crippen molar-refractivity contribution in [3.8, 4) is 0 Å². The van der Waals surface area contributed by atoms with Crippen LogP contribution in [0.2, 0.25) is 0 Å². The van der Waals surface area contributed by atoms with Crippen LogP contribution in [0.4, 0.5) is 4.79 Å². The molecular weight excluding hydrogens is 366 g/mol. The Bertz CT molecular complexity index is 496. The zero-order chi connectivity index (χ0) is 17.0. The molecule has 0 aliphatic heterocycles. The molecule has 1 aromatic heterocycles. The molecule has 1 aromatic rings. The molecule has 0 spiro atoms. The van der Waals surface area contributed by atoms with Crippen molar-refractivity contribution in [3.05, 3.63) is 20.8 Å². The number of rotatable bonds is 6. The van der Waals surface area contributed by atoms with Crippen LogP contribution in [0.5, 0.6) is 0 Å². The molecule has 2 N–H and O–H groups in total. The lowest BCUT2D eigenvalue weighted by Crippen LogP contribution is -2.46. The lowest BCUT2D eigenvalue weighted by molar-refractivity contribution is 0.0396. The molecule has 0 fully saturated rings. The van der Waals surface area contributed by atoms with Gasteiger partial charge in [-0.05, 0) is 61.2 Å². The molecule has 6 heteroatoms. The number of ether oxygens (including phenoxy) is 1. The predicted octanol–water partition coefficient (Wildman–Crippen LogP) is 4.21. The summed E-state index contributed by atoms with van der Waals surface area (Å²) < 4.78 is 6.34. The second-order valence-corrected chi connectivity index (χ2v) is 9.46. The van der Waals surface area contributed by atoms with Gasteiger partial charge >= 0.3 is 6.09 Å². The smallest absolute Gasteiger partial charge is 0.407 e. The van der Waals surface area contributed by atoms with Crippen LogP contribution in [-0.4, -0.2) is 30.0 Å².